The molecular weight excluding hydrogens is 552 g/mol. The Balaban J connectivity index is 1.75. The van der Waals surface area contributed by atoms with Crippen molar-refractivity contribution in [1.82, 2.24) is 14.1 Å². The fraction of sp³-hybridized carbons (Fsp3) is 0.517. The van der Waals surface area contributed by atoms with Gasteiger partial charge in [-0.25, -0.2) is 13.2 Å². The first-order chi connectivity index (χ1) is 19.1. The third kappa shape index (κ3) is 8.67. The molecule has 2 aromatic rings. The molecule has 0 bridgehead atoms. The topological polar surface area (TPSA) is 99.3 Å². The molecule has 1 N–H and O–H groups in total. The Hall–Kier alpha value is -2.66. The number of halogens is 1. The molecule has 0 unspecified atom stereocenters. The van der Waals surface area contributed by atoms with Crippen LogP contribution in [0.25, 0.3) is 0 Å². The average Bonchev–Trinajstić information content (AvgIpc) is 2.92. The van der Waals surface area contributed by atoms with Crippen LogP contribution in [0.15, 0.2) is 42.5 Å². The van der Waals surface area contributed by atoms with E-state index >= 15 is 0 Å². The molecule has 9 nitrogen and oxygen atoms in total. The van der Waals surface area contributed by atoms with Crippen LogP contribution >= 0.6 is 11.6 Å². The van der Waals surface area contributed by atoms with Gasteiger partial charge in [0.15, 0.2) is 0 Å². The van der Waals surface area contributed by atoms with E-state index in [1.54, 1.807) is 28.9 Å². The number of nitrogens with one attached hydrogen (secondary N) is 1. The molecule has 1 fully saturated rings. The van der Waals surface area contributed by atoms with Crippen LogP contribution in [0.1, 0.15) is 42.9 Å². The van der Waals surface area contributed by atoms with Crippen LogP contribution in [0, 0.1) is 13.8 Å². The Kier molecular flexibility index (Phi) is 11.8. The standard InChI is InChI=1S/C29H41ClN4O5S/c1-5-19-40(37,38)33(17-18-39-4)21-27(35)34(20-24-9-11-25(30)12-10-24)26-13-15-32(16-14-26)29(36)31-28-22(2)7-6-8-23(28)3/h6-12,26H,5,13-21H2,1-4H3,(H,31,36). The molecule has 3 rings (SSSR count). The van der Waals surface area contributed by atoms with Crippen molar-refractivity contribution in [2.45, 2.75) is 52.6 Å². The summed E-state index contributed by atoms with van der Waals surface area (Å²) in [5, 5.41) is 3.64. The number of piperidine rings is 1. The Bertz CT molecular complexity index is 1230. The lowest BCUT2D eigenvalue weighted by Gasteiger charge is -2.39. The predicted octanol–water partition coefficient (Wildman–Crippen LogP) is 4.67. The fourth-order valence-corrected chi connectivity index (χ4v) is 6.48. The highest BCUT2D eigenvalue weighted by atomic mass is 35.5. The van der Waals surface area contributed by atoms with E-state index in [0.29, 0.717) is 43.9 Å². The monoisotopic (exact) mass is 592 g/mol. The summed E-state index contributed by atoms with van der Waals surface area (Å²) in [6.45, 7) is 7.05. The van der Waals surface area contributed by atoms with Crippen molar-refractivity contribution >= 4 is 39.2 Å². The number of rotatable bonds is 12. The molecule has 0 atom stereocenters. The SMILES string of the molecule is CCCS(=O)(=O)N(CCOC)CC(=O)N(Cc1ccc(Cl)cc1)C1CCN(C(=O)Nc2c(C)cccc2C)CC1. The largest absolute Gasteiger partial charge is 0.383 e. The van der Waals surface area contributed by atoms with E-state index in [4.69, 9.17) is 16.3 Å². The summed E-state index contributed by atoms with van der Waals surface area (Å²) in [7, 11) is -2.11. The minimum atomic E-state index is -3.61. The molecule has 1 aliphatic heterocycles. The zero-order valence-electron chi connectivity index (χ0n) is 23.9. The minimum absolute atomic E-state index is 0.0327. The Morgan fingerprint density at radius 2 is 1.70 bits per heavy atom. The Labute approximate surface area is 243 Å². The van der Waals surface area contributed by atoms with E-state index < -0.39 is 10.0 Å². The molecule has 3 amide bonds. The van der Waals surface area contributed by atoms with Gasteiger partial charge in [-0.15, -0.1) is 0 Å². The number of urea groups is 1. The van der Waals surface area contributed by atoms with Crippen molar-refractivity contribution in [1.29, 1.82) is 0 Å². The van der Waals surface area contributed by atoms with E-state index in [1.165, 1.54) is 11.4 Å². The van der Waals surface area contributed by atoms with Gasteiger partial charge >= 0.3 is 6.03 Å². The van der Waals surface area contributed by atoms with Crippen LogP contribution in [0.2, 0.25) is 5.02 Å². The minimum Gasteiger partial charge on any atom is -0.383 e. The molecule has 0 aromatic heterocycles. The van der Waals surface area contributed by atoms with Crippen molar-refractivity contribution in [3.8, 4) is 0 Å². The van der Waals surface area contributed by atoms with E-state index in [-0.39, 0.29) is 43.4 Å². The third-order valence-electron chi connectivity index (χ3n) is 7.20. The maximum atomic E-state index is 13.7. The smallest absolute Gasteiger partial charge is 0.321 e. The van der Waals surface area contributed by atoms with Crippen molar-refractivity contribution in [2.24, 2.45) is 0 Å². The van der Waals surface area contributed by atoms with Gasteiger partial charge in [0.2, 0.25) is 15.9 Å². The number of anilines is 1. The van der Waals surface area contributed by atoms with Gasteiger partial charge in [0.05, 0.1) is 18.9 Å². The van der Waals surface area contributed by atoms with Crippen LogP contribution in [-0.2, 0) is 26.1 Å². The van der Waals surface area contributed by atoms with Crippen LogP contribution in [-0.4, -0.2) is 86.2 Å². The molecule has 1 aliphatic rings. The van der Waals surface area contributed by atoms with Gasteiger partial charge in [0, 0.05) is 50.0 Å². The summed E-state index contributed by atoms with van der Waals surface area (Å²) >= 11 is 6.07. The lowest BCUT2D eigenvalue weighted by Crippen LogP contribution is -2.52. The molecule has 2 aromatic carbocycles. The van der Waals surface area contributed by atoms with Crippen molar-refractivity contribution in [3.05, 3.63) is 64.2 Å². The summed E-state index contributed by atoms with van der Waals surface area (Å²) in [4.78, 5) is 30.3. The van der Waals surface area contributed by atoms with Crippen LogP contribution in [0.4, 0.5) is 10.5 Å². The zero-order chi connectivity index (χ0) is 29.3. The number of ether oxygens (including phenoxy) is 1. The number of methoxy groups -OCH3 is 1. The molecule has 0 aliphatic carbocycles. The van der Waals surface area contributed by atoms with Gasteiger partial charge in [-0.1, -0.05) is 48.9 Å². The Morgan fingerprint density at radius 3 is 2.27 bits per heavy atom. The number of likely N-dealkylation sites (tertiary alicyclic amines) is 1. The molecule has 1 saturated heterocycles. The number of hydrogen-bond donors (Lipinski definition) is 1. The van der Waals surface area contributed by atoms with E-state index in [0.717, 1.165) is 22.4 Å². The lowest BCUT2D eigenvalue weighted by molar-refractivity contribution is -0.135. The zero-order valence-corrected chi connectivity index (χ0v) is 25.4. The molecule has 0 saturated carbocycles. The van der Waals surface area contributed by atoms with Crippen molar-refractivity contribution in [2.75, 3.05) is 51.0 Å². The first kappa shape index (κ1) is 31.9. The number of benzene rings is 2. The molecule has 0 radical (unpaired) electrons. The summed E-state index contributed by atoms with van der Waals surface area (Å²) in [6.07, 6.45) is 1.62. The summed E-state index contributed by atoms with van der Waals surface area (Å²) in [6, 6.07) is 12.9. The van der Waals surface area contributed by atoms with Gasteiger partial charge in [0.25, 0.3) is 0 Å². The van der Waals surface area contributed by atoms with E-state index in [9.17, 15) is 18.0 Å². The Morgan fingerprint density at radius 1 is 1.07 bits per heavy atom. The summed E-state index contributed by atoms with van der Waals surface area (Å²) in [5.74, 6) is -0.307. The lowest BCUT2D eigenvalue weighted by atomic mass is 10.0. The molecule has 0 spiro atoms. The number of carbonyl (C=O) groups is 2. The van der Waals surface area contributed by atoms with Crippen LogP contribution in [0.5, 0.6) is 0 Å². The average molecular weight is 593 g/mol. The van der Waals surface area contributed by atoms with Gasteiger partial charge in [-0.3, -0.25) is 4.79 Å². The number of hydrogen-bond acceptors (Lipinski definition) is 5. The van der Waals surface area contributed by atoms with E-state index in [2.05, 4.69) is 5.32 Å². The second-order valence-corrected chi connectivity index (χ2v) is 12.7. The predicted molar refractivity (Wildman–Crippen MR) is 159 cm³/mol. The maximum absolute atomic E-state index is 13.7. The van der Waals surface area contributed by atoms with Gasteiger partial charge < -0.3 is 19.9 Å². The van der Waals surface area contributed by atoms with Crippen LogP contribution in [0.3, 0.4) is 0 Å². The van der Waals surface area contributed by atoms with E-state index in [1.807, 2.05) is 44.2 Å². The third-order valence-corrected chi connectivity index (χ3v) is 9.48. The van der Waals surface area contributed by atoms with Crippen molar-refractivity contribution < 1.29 is 22.7 Å². The first-order valence-electron chi connectivity index (χ1n) is 13.7. The second kappa shape index (κ2) is 14.8. The molecular formula is C29H41ClN4O5S. The van der Waals surface area contributed by atoms with Gasteiger partial charge in [0.1, 0.15) is 0 Å². The first-order valence-corrected chi connectivity index (χ1v) is 15.7. The highest BCUT2D eigenvalue weighted by molar-refractivity contribution is 7.89. The number of amides is 3. The molecule has 11 heteroatoms. The number of carbonyl (C=O) groups excluding carboxylic acids is 2. The fourth-order valence-electron chi connectivity index (χ4n) is 4.92. The molecule has 220 valence electrons. The second-order valence-electron chi connectivity index (χ2n) is 10.2. The normalized spacial score (nSPS) is 14.4. The quantitative estimate of drug-likeness (QED) is 0.386. The highest BCUT2D eigenvalue weighted by Crippen LogP contribution is 2.24. The summed E-state index contributed by atoms with van der Waals surface area (Å²) < 4.78 is 32.2. The van der Waals surface area contributed by atoms with Crippen LogP contribution < -0.4 is 5.32 Å². The van der Waals surface area contributed by atoms with Crippen molar-refractivity contribution in [3.63, 3.8) is 0 Å². The number of nitrogens with zero attached hydrogens (tertiary/aromatic N) is 3. The van der Waals surface area contributed by atoms with Gasteiger partial charge in [-0.05, 0) is 61.9 Å². The maximum Gasteiger partial charge on any atom is 0.321 e. The van der Waals surface area contributed by atoms with Gasteiger partial charge in [-0.2, -0.15) is 4.31 Å². The highest BCUT2D eigenvalue weighted by Gasteiger charge is 2.33. The summed E-state index contributed by atoms with van der Waals surface area (Å²) in [5.41, 5.74) is 3.71. The molecule has 40 heavy (non-hydrogen) atoms. The number of para-hydroxylation sites is 1. The number of aryl methyl sites for hydroxylation is 2. The molecule has 1 heterocycles. The number of sulfonamides is 1.